The Morgan fingerprint density at radius 2 is 2.16 bits per heavy atom. The van der Waals surface area contributed by atoms with E-state index in [1.54, 1.807) is 0 Å². The zero-order valence-electron chi connectivity index (χ0n) is 10.6. The van der Waals surface area contributed by atoms with E-state index in [1.807, 2.05) is 13.8 Å². The number of rotatable bonds is 5. The van der Waals surface area contributed by atoms with Crippen LogP contribution in [-0.2, 0) is 9.53 Å². The van der Waals surface area contributed by atoms with E-state index in [4.69, 9.17) is 27.9 Å². The summed E-state index contributed by atoms with van der Waals surface area (Å²) in [6, 6.07) is 1.38. The average Bonchev–Trinajstić information content (AvgIpc) is 2.39. The lowest BCUT2D eigenvalue weighted by molar-refractivity contribution is -0.124. The first-order chi connectivity index (χ1) is 8.93. The number of ether oxygens (including phenoxy) is 1. The van der Waals surface area contributed by atoms with Crippen molar-refractivity contribution in [3.63, 3.8) is 0 Å². The Morgan fingerprint density at radius 1 is 1.47 bits per heavy atom. The van der Waals surface area contributed by atoms with E-state index in [1.165, 1.54) is 12.3 Å². The van der Waals surface area contributed by atoms with Gasteiger partial charge in [0.15, 0.2) is 6.61 Å². The Bertz CT molecular complexity index is 480. The molecule has 1 aromatic rings. The maximum atomic E-state index is 11.6. The number of halogens is 2. The van der Waals surface area contributed by atoms with Crippen LogP contribution in [0, 0.1) is 0 Å². The predicted molar refractivity (Wildman–Crippen MR) is 72.4 cm³/mol. The number of pyridine rings is 1. The van der Waals surface area contributed by atoms with Gasteiger partial charge in [0.2, 0.25) is 0 Å². The molecule has 104 valence electrons. The highest BCUT2D eigenvalue weighted by Gasteiger charge is 2.13. The molecule has 0 aliphatic heterocycles. The Kier molecular flexibility index (Phi) is 6.05. The van der Waals surface area contributed by atoms with Gasteiger partial charge in [-0.05, 0) is 19.4 Å². The first kappa shape index (κ1) is 15.7. The number of nitrogens with zero attached hydrogens (tertiary/aromatic N) is 1. The fourth-order valence-corrected chi connectivity index (χ4v) is 1.44. The quantitative estimate of drug-likeness (QED) is 0.670. The molecule has 1 atom stereocenters. The second-order valence-electron chi connectivity index (χ2n) is 3.95. The fourth-order valence-electron chi connectivity index (χ4n) is 1.17. The molecule has 5 nitrogen and oxygen atoms in total. The van der Waals surface area contributed by atoms with Gasteiger partial charge in [0, 0.05) is 12.2 Å². The maximum absolute atomic E-state index is 11.6. The third kappa shape index (κ3) is 5.04. The molecule has 7 heteroatoms. The molecule has 0 aliphatic carbocycles. The van der Waals surface area contributed by atoms with Crippen LogP contribution in [0.2, 0.25) is 10.2 Å². The first-order valence-corrected chi connectivity index (χ1v) is 6.47. The Hall–Kier alpha value is -1.33. The molecule has 1 heterocycles. The summed E-state index contributed by atoms with van der Waals surface area (Å²) in [6.07, 6.45) is 2.04. The average molecular weight is 305 g/mol. The molecule has 19 heavy (non-hydrogen) atoms. The lowest BCUT2D eigenvalue weighted by Crippen LogP contribution is -2.35. The van der Waals surface area contributed by atoms with Crippen molar-refractivity contribution in [3.8, 4) is 0 Å². The molecule has 0 fully saturated rings. The lowest BCUT2D eigenvalue weighted by atomic mass is 10.2. The van der Waals surface area contributed by atoms with Gasteiger partial charge >= 0.3 is 5.97 Å². The Morgan fingerprint density at radius 3 is 2.74 bits per heavy atom. The summed E-state index contributed by atoms with van der Waals surface area (Å²) in [6.45, 7) is 3.46. The van der Waals surface area contributed by atoms with Gasteiger partial charge < -0.3 is 10.1 Å². The van der Waals surface area contributed by atoms with Crippen molar-refractivity contribution in [3.05, 3.63) is 28.0 Å². The van der Waals surface area contributed by atoms with Crippen molar-refractivity contribution in [2.45, 2.75) is 26.3 Å². The van der Waals surface area contributed by atoms with Crippen LogP contribution < -0.4 is 5.32 Å². The monoisotopic (exact) mass is 304 g/mol. The maximum Gasteiger partial charge on any atom is 0.340 e. The molecule has 1 N–H and O–H groups in total. The normalized spacial score (nSPS) is 11.8. The number of nitrogens with one attached hydrogen (secondary N) is 1. The van der Waals surface area contributed by atoms with Crippen molar-refractivity contribution in [1.82, 2.24) is 10.3 Å². The highest BCUT2D eigenvalue weighted by Crippen LogP contribution is 2.19. The molecule has 0 radical (unpaired) electrons. The molecule has 0 aromatic carbocycles. The molecule has 1 unspecified atom stereocenters. The van der Waals surface area contributed by atoms with Crippen molar-refractivity contribution in [2.24, 2.45) is 0 Å². The number of hydrogen-bond donors (Lipinski definition) is 1. The summed E-state index contributed by atoms with van der Waals surface area (Å²) >= 11 is 11.4. The summed E-state index contributed by atoms with van der Waals surface area (Å²) in [5, 5.41) is 2.94. The summed E-state index contributed by atoms with van der Waals surface area (Å²) in [4.78, 5) is 26.8. The van der Waals surface area contributed by atoms with Crippen LogP contribution in [0.15, 0.2) is 12.3 Å². The van der Waals surface area contributed by atoms with Gasteiger partial charge in [-0.2, -0.15) is 0 Å². The highest BCUT2D eigenvalue weighted by atomic mass is 35.5. The smallest absolute Gasteiger partial charge is 0.340 e. The third-order valence-electron chi connectivity index (χ3n) is 2.39. The van der Waals surface area contributed by atoms with E-state index < -0.39 is 5.97 Å². The van der Waals surface area contributed by atoms with Crippen LogP contribution in [-0.4, -0.2) is 29.5 Å². The van der Waals surface area contributed by atoms with Crippen LogP contribution in [0.4, 0.5) is 0 Å². The second kappa shape index (κ2) is 7.31. The predicted octanol–water partition coefficient (Wildman–Crippen LogP) is 2.46. The molecule has 0 saturated carbocycles. The number of esters is 1. The highest BCUT2D eigenvalue weighted by molar-refractivity contribution is 6.41. The summed E-state index contributed by atoms with van der Waals surface area (Å²) < 4.78 is 4.84. The number of amides is 1. The van der Waals surface area contributed by atoms with E-state index in [9.17, 15) is 9.59 Å². The number of aromatic nitrogens is 1. The largest absolute Gasteiger partial charge is 0.452 e. The third-order valence-corrected chi connectivity index (χ3v) is 3.07. The van der Waals surface area contributed by atoms with Crippen LogP contribution in [0.25, 0.3) is 0 Å². The van der Waals surface area contributed by atoms with Crippen LogP contribution in [0.1, 0.15) is 30.6 Å². The summed E-state index contributed by atoms with van der Waals surface area (Å²) in [5.74, 6) is -1.03. The minimum atomic E-state index is -0.676. The zero-order chi connectivity index (χ0) is 14.4. The van der Waals surface area contributed by atoms with E-state index in [-0.39, 0.29) is 34.3 Å². The van der Waals surface area contributed by atoms with Crippen molar-refractivity contribution < 1.29 is 14.3 Å². The number of carbonyl (C=O) groups excluding carboxylic acids is 2. The number of carbonyl (C=O) groups is 2. The van der Waals surface area contributed by atoms with Gasteiger partial charge in [-0.15, -0.1) is 0 Å². The van der Waals surface area contributed by atoms with Crippen molar-refractivity contribution in [2.75, 3.05) is 6.61 Å². The minimum absolute atomic E-state index is 0.0397. The first-order valence-electron chi connectivity index (χ1n) is 5.71. The van der Waals surface area contributed by atoms with Crippen LogP contribution in [0.5, 0.6) is 0 Å². The molecule has 1 rings (SSSR count). The molecule has 0 spiro atoms. The zero-order valence-corrected chi connectivity index (χ0v) is 12.1. The van der Waals surface area contributed by atoms with E-state index >= 15 is 0 Å². The molecule has 1 amide bonds. The van der Waals surface area contributed by atoms with E-state index in [2.05, 4.69) is 10.3 Å². The molecular formula is C12H14Cl2N2O3. The molecule has 0 aliphatic rings. The van der Waals surface area contributed by atoms with Crippen LogP contribution >= 0.6 is 23.2 Å². The SMILES string of the molecule is CCC(C)NC(=O)COC(=O)c1cnc(Cl)c(Cl)c1. The minimum Gasteiger partial charge on any atom is -0.452 e. The van der Waals surface area contributed by atoms with E-state index in [0.717, 1.165) is 6.42 Å². The second-order valence-corrected chi connectivity index (χ2v) is 4.71. The van der Waals surface area contributed by atoms with Gasteiger partial charge in [-0.3, -0.25) is 4.79 Å². The molecule has 1 aromatic heterocycles. The Labute approximate surface area is 121 Å². The molecule has 0 bridgehead atoms. The Balaban J connectivity index is 2.51. The van der Waals surface area contributed by atoms with E-state index in [0.29, 0.717) is 0 Å². The topological polar surface area (TPSA) is 68.3 Å². The molecular weight excluding hydrogens is 291 g/mol. The van der Waals surface area contributed by atoms with Crippen LogP contribution in [0.3, 0.4) is 0 Å². The van der Waals surface area contributed by atoms with Crippen molar-refractivity contribution in [1.29, 1.82) is 0 Å². The van der Waals surface area contributed by atoms with Crippen molar-refractivity contribution >= 4 is 35.1 Å². The van der Waals surface area contributed by atoms with Gasteiger partial charge in [0.25, 0.3) is 5.91 Å². The van der Waals surface area contributed by atoms with Gasteiger partial charge in [0.1, 0.15) is 5.15 Å². The van der Waals surface area contributed by atoms with Gasteiger partial charge in [-0.25, -0.2) is 9.78 Å². The lowest BCUT2D eigenvalue weighted by Gasteiger charge is -2.11. The summed E-state index contributed by atoms with van der Waals surface area (Å²) in [7, 11) is 0. The number of hydrogen-bond acceptors (Lipinski definition) is 4. The van der Waals surface area contributed by atoms with Gasteiger partial charge in [0.05, 0.1) is 10.6 Å². The summed E-state index contributed by atoms with van der Waals surface area (Å²) in [5.41, 5.74) is 0.144. The molecule has 0 saturated heterocycles. The fraction of sp³-hybridized carbons (Fsp3) is 0.417. The standard InChI is InChI=1S/C12H14Cl2N2O3/c1-3-7(2)16-10(17)6-19-12(18)8-4-9(13)11(14)15-5-8/h4-5,7H,3,6H2,1-2H3,(H,16,17). The van der Waals surface area contributed by atoms with Gasteiger partial charge in [-0.1, -0.05) is 30.1 Å².